The highest BCUT2D eigenvalue weighted by atomic mass is 16.5. The van der Waals surface area contributed by atoms with Crippen LogP contribution in [0.4, 0.5) is 0 Å². The second-order valence-electron chi connectivity index (χ2n) is 5.56. The van der Waals surface area contributed by atoms with Crippen molar-refractivity contribution in [3.8, 4) is 11.5 Å². The van der Waals surface area contributed by atoms with Gasteiger partial charge in [-0.05, 0) is 43.4 Å². The van der Waals surface area contributed by atoms with Crippen molar-refractivity contribution in [2.45, 2.75) is 31.8 Å². The number of aldehydes is 1. The van der Waals surface area contributed by atoms with Crippen molar-refractivity contribution in [3.05, 3.63) is 30.0 Å². The Bertz CT molecular complexity index is 517. The summed E-state index contributed by atoms with van der Waals surface area (Å²) in [6.45, 7) is 0. The van der Waals surface area contributed by atoms with Crippen LogP contribution in [0.1, 0.15) is 31.2 Å². The zero-order valence-corrected chi connectivity index (χ0v) is 13.0. The third-order valence-electron chi connectivity index (χ3n) is 3.62. The molecule has 0 N–H and O–H groups in total. The summed E-state index contributed by atoms with van der Waals surface area (Å²) in [6, 6.07) is 5.62. The van der Waals surface area contributed by atoms with Gasteiger partial charge < -0.3 is 14.4 Å². The number of rotatable bonds is 6. The summed E-state index contributed by atoms with van der Waals surface area (Å²) in [7, 11) is 5.42. The van der Waals surface area contributed by atoms with Crippen molar-refractivity contribution >= 4 is 11.9 Å². The normalized spacial score (nSPS) is 15.9. The van der Waals surface area contributed by atoms with E-state index in [0.717, 1.165) is 24.7 Å². The molecule has 1 saturated carbocycles. The van der Waals surface area contributed by atoms with Gasteiger partial charge in [0.1, 0.15) is 0 Å². The first-order chi connectivity index (χ1) is 10.1. The molecular weight excluding hydrogens is 266 g/mol. The van der Waals surface area contributed by atoms with Crippen LogP contribution in [0.3, 0.4) is 0 Å². The molecule has 0 spiro atoms. The summed E-state index contributed by atoms with van der Waals surface area (Å²) < 4.78 is 11.4. The molecule has 0 amide bonds. The molecule has 1 fully saturated rings. The van der Waals surface area contributed by atoms with Crippen LogP contribution in [0.2, 0.25) is 0 Å². The van der Waals surface area contributed by atoms with E-state index in [1.54, 1.807) is 13.3 Å². The quantitative estimate of drug-likeness (QED) is 0.596. The van der Waals surface area contributed by atoms with Gasteiger partial charge in [-0.1, -0.05) is 6.07 Å². The minimum absolute atomic E-state index is 0.256. The number of carbonyl (C=O) groups is 1. The van der Waals surface area contributed by atoms with E-state index in [9.17, 15) is 4.79 Å². The number of nitrogens with zero attached hydrogens (tertiary/aromatic N) is 1. The summed E-state index contributed by atoms with van der Waals surface area (Å²) in [5.41, 5.74) is 1.46. The van der Waals surface area contributed by atoms with Gasteiger partial charge in [-0.2, -0.15) is 0 Å². The van der Waals surface area contributed by atoms with Gasteiger partial charge in [0.15, 0.2) is 17.8 Å². The lowest BCUT2D eigenvalue weighted by atomic mass is 10.1. The summed E-state index contributed by atoms with van der Waals surface area (Å²) >= 11 is 0. The predicted octanol–water partition coefficient (Wildman–Crippen LogP) is 3.12. The number of ether oxygens (including phenoxy) is 2. The Hall–Kier alpha value is -1.97. The zero-order chi connectivity index (χ0) is 15.2. The number of carbonyl (C=O) groups excluding carboxylic acids is 1. The molecule has 0 saturated heterocycles. The molecule has 1 aromatic carbocycles. The van der Waals surface area contributed by atoms with Crippen molar-refractivity contribution in [2.75, 3.05) is 21.2 Å². The first kappa shape index (κ1) is 15.4. The standard InChI is InChI=1S/C17H23NO3/c1-18(2)11-14(12-19)13-8-9-16(20-3)17(10-13)21-15-6-4-5-7-15/h8-12,15H,4-7H2,1-3H3/b14-11+. The van der Waals surface area contributed by atoms with E-state index in [1.807, 2.05) is 37.2 Å². The van der Waals surface area contributed by atoms with Crippen LogP contribution in [-0.4, -0.2) is 38.5 Å². The molecule has 0 heterocycles. The molecule has 21 heavy (non-hydrogen) atoms. The molecule has 0 radical (unpaired) electrons. The van der Waals surface area contributed by atoms with Crippen molar-refractivity contribution in [1.29, 1.82) is 0 Å². The SMILES string of the molecule is COc1ccc(/C(C=O)=C/N(C)C)cc1OC1CCCC1. The van der Waals surface area contributed by atoms with Crippen molar-refractivity contribution in [2.24, 2.45) is 0 Å². The molecule has 0 atom stereocenters. The number of allylic oxidation sites excluding steroid dienone is 1. The molecule has 1 aliphatic carbocycles. The average Bonchev–Trinajstić information content (AvgIpc) is 2.97. The molecule has 114 valence electrons. The summed E-state index contributed by atoms with van der Waals surface area (Å²) in [4.78, 5) is 13.1. The first-order valence-electron chi connectivity index (χ1n) is 7.32. The molecule has 0 bridgehead atoms. The van der Waals surface area contributed by atoms with Gasteiger partial charge in [-0.25, -0.2) is 0 Å². The van der Waals surface area contributed by atoms with E-state index >= 15 is 0 Å². The van der Waals surface area contributed by atoms with Crippen molar-refractivity contribution in [3.63, 3.8) is 0 Å². The molecule has 2 rings (SSSR count). The van der Waals surface area contributed by atoms with Crippen LogP contribution in [-0.2, 0) is 4.79 Å². The molecule has 0 aliphatic heterocycles. The highest BCUT2D eigenvalue weighted by Gasteiger charge is 2.19. The van der Waals surface area contributed by atoms with Gasteiger partial charge in [-0.3, -0.25) is 4.79 Å². The van der Waals surface area contributed by atoms with Gasteiger partial charge >= 0.3 is 0 Å². The van der Waals surface area contributed by atoms with E-state index in [2.05, 4.69) is 0 Å². The Kier molecular flexibility index (Phi) is 5.26. The minimum atomic E-state index is 0.256. The highest BCUT2D eigenvalue weighted by Crippen LogP contribution is 2.33. The minimum Gasteiger partial charge on any atom is -0.493 e. The Morgan fingerprint density at radius 1 is 1.24 bits per heavy atom. The fourth-order valence-corrected chi connectivity index (χ4v) is 2.59. The molecule has 4 heteroatoms. The Morgan fingerprint density at radius 2 is 1.95 bits per heavy atom. The van der Waals surface area contributed by atoms with Crippen LogP contribution in [0.25, 0.3) is 5.57 Å². The smallest absolute Gasteiger partial charge is 0.162 e. The Labute approximate surface area is 126 Å². The van der Waals surface area contributed by atoms with Crippen LogP contribution in [0.15, 0.2) is 24.4 Å². The van der Waals surface area contributed by atoms with Crippen LogP contribution in [0, 0.1) is 0 Å². The zero-order valence-electron chi connectivity index (χ0n) is 13.0. The number of methoxy groups -OCH3 is 1. The highest BCUT2D eigenvalue weighted by molar-refractivity contribution is 6.06. The van der Waals surface area contributed by atoms with Crippen LogP contribution >= 0.6 is 0 Å². The first-order valence-corrected chi connectivity index (χ1v) is 7.32. The molecular formula is C17H23NO3. The maximum absolute atomic E-state index is 11.3. The fraction of sp³-hybridized carbons (Fsp3) is 0.471. The monoisotopic (exact) mass is 289 g/mol. The summed E-state index contributed by atoms with van der Waals surface area (Å²) in [5, 5.41) is 0. The van der Waals surface area contributed by atoms with Crippen molar-refractivity contribution < 1.29 is 14.3 Å². The van der Waals surface area contributed by atoms with E-state index in [1.165, 1.54) is 12.8 Å². The van der Waals surface area contributed by atoms with Gasteiger partial charge in [0.25, 0.3) is 0 Å². The van der Waals surface area contributed by atoms with Crippen molar-refractivity contribution in [1.82, 2.24) is 4.90 Å². The molecule has 1 aromatic rings. The number of hydrogen-bond acceptors (Lipinski definition) is 4. The lowest BCUT2D eigenvalue weighted by Gasteiger charge is -2.17. The molecule has 0 aromatic heterocycles. The molecule has 4 nitrogen and oxygen atoms in total. The second kappa shape index (κ2) is 7.16. The second-order valence-corrected chi connectivity index (χ2v) is 5.56. The van der Waals surface area contributed by atoms with E-state index in [4.69, 9.17) is 9.47 Å². The topological polar surface area (TPSA) is 38.8 Å². The van der Waals surface area contributed by atoms with Crippen LogP contribution in [0.5, 0.6) is 11.5 Å². The van der Waals surface area contributed by atoms with E-state index in [0.29, 0.717) is 17.1 Å². The molecule has 1 aliphatic rings. The van der Waals surface area contributed by atoms with Crippen LogP contribution < -0.4 is 9.47 Å². The average molecular weight is 289 g/mol. The maximum atomic E-state index is 11.3. The number of benzene rings is 1. The summed E-state index contributed by atoms with van der Waals surface area (Å²) in [6.07, 6.45) is 7.52. The lowest BCUT2D eigenvalue weighted by Crippen LogP contribution is -2.12. The Balaban J connectivity index is 2.29. The predicted molar refractivity (Wildman–Crippen MR) is 83.6 cm³/mol. The van der Waals surface area contributed by atoms with Gasteiger partial charge in [0.05, 0.1) is 13.2 Å². The van der Waals surface area contributed by atoms with E-state index < -0.39 is 0 Å². The number of hydrogen-bond donors (Lipinski definition) is 0. The Morgan fingerprint density at radius 3 is 2.52 bits per heavy atom. The third-order valence-corrected chi connectivity index (χ3v) is 3.62. The molecule has 0 unspecified atom stereocenters. The summed E-state index contributed by atoms with van der Waals surface area (Å²) in [5.74, 6) is 1.43. The third kappa shape index (κ3) is 4.00. The van der Waals surface area contributed by atoms with E-state index in [-0.39, 0.29) is 6.10 Å². The largest absolute Gasteiger partial charge is 0.493 e. The lowest BCUT2D eigenvalue weighted by molar-refractivity contribution is -0.103. The van der Waals surface area contributed by atoms with Gasteiger partial charge in [-0.15, -0.1) is 0 Å². The fourth-order valence-electron chi connectivity index (χ4n) is 2.59. The van der Waals surface area contributed by atoms with Gasteiger partial charge in [0, 0.05) is 25.9 Å². The maximum Gasteiger partial charge on any atom is 0.162 e. The van der Waals surface area contributed by atoms with Gasteiger partial charge in [0.2, 0.25) is 0 Å².